The molecule has 0 N–H and O–H groups in total. The minimum absolute atomic E-state index is 0.202. The number of aromatic nitrogens is 2. The van der Waals surface area contributed by atoms with Gasteiger partial charge in [0.25, 0.3) is 0 Å². The van der Waals surface area contributed by atoms with Crippen LogP contribution in [-0.4, -0.2) is 9.97 Å². The average molecular weight is 840 g/mol. The van der Waals surface area contributed by atoms with Crippen molar-refractivity contribution in [2.45, 2.75) is 0 Å². The van der Waals surface area contributed by atoms with Crippen LogP contribution in [0.5, 0.6) is 0 Å². The van der Waals surface area contributed by atoms with Crippen LogP contribution in [0.15, 0.2) is 218 Å². The Kier molecular flexibility index (Phi) is 4.50. The Labute approximate surface area is 400 Å². The zero-order valence-electron chi connectivity index (χ0n) is 55.3. The standard InChI is InChI=1S/C60H36N2S/c1-3-12-37(13-4-1)55-56(38-14-5-2-6-15-38)60(51-31-28-41-24-23-39-16-9-17-40-27-30-50(51)54(41)53(39)40)63-59(55)45-19-10-18-44(36-45)46-32-33-49(48-22-8-7-21-47(46)48)52-34-29-43-26-25-42-20-11-35-61-57(42)58(43)62-52/h1-36H/i1D,2D,3D,4D,5D,6D,9D,10D,12D,13D,14D,15D,16D,17D,18D,19D,23D,24D,27D,28D,30D,31D,36D. The Morgan fingerprint density at radius 1 is 0.381 bits per heavy atom. The van der Waals surface area contributed by atoms with E-state index < -0.39 is 204 Å². The molecule has 0 spiro atoms. The number of thiophene rings is 1. The summed E-state index contributed by atoms with van der Waals surface area (Å²) >= 11 is 0.478. The van der Waals surface area contributed by atoms with Gasteiger partial charge in [-0.15, -0.1) is 11.3 Å². The fourth-order valence-corrected chi connectivity index (χ4v) is 9.72. The smallest absolute Gasteiger partial charge is 0.0972 e. The molecule has 0 radical (unpaired) electrons. The summed E-state index contributed by atoms with van der Waals surface area (Å²) in [5, 5.41) is 0.469. The molecule has 0 saturated heterocycles. The predicted molar refractivity (Wildman–Crippen MR) is 269 cm³/mol. The molecule has 0 aliphatic carbocycles. The second-order valence-electron chi connectivity index (χ2n) is 14.6. The minimum atomic E-state index is -0.941. The number of rotatable bonds is 6. The quantitative estimate of drug-likeness (QED) is 0.156. The summed E-state index contributed by atoms with van der Waals surface area (Å²) in [6, 6.07) is 2.95. The Morgan fingerprint density at radius 2 is 0.984 bits per heavy atom. The molecule has 0 atom stereocenters. The lowest BCUT2D eigenvalue weighted by Gasteiger charge is -2.15. The lowest BCUT2D eigenvalue weighted by molar-refractivity contribution is 1.37. The van der Waals surface area contributed by atoms with E-state index in [0.717, 1.165) is 10.8 Å². The lowest BCUT2D eigenvalue weighted by atomic mass is 9.88. The molecule has 0 unspecified atom stereocenters. The Bertz CT molecular complexity index is 5210. The lowest BCUT2D eigenvalue weighted by Crippen LogP contribution is -1.91. The first-order valence-corrected chi connectivity index (χ1v) is 20.4. The molecule has 0 aliphatic heterocycles. The summed E-state index contributed by atoms with van der Waals surface area (Å²) in [5.74, 6) is 0. The number of pyridine rings is 2. The maximum absolute atomic E-state index is 10.3. The highest BCUT2D eigenvalue weighted by Gasteiger charge is 2.25. The molecule has 0 fully saturated rings. The van der Waals surface area contributed by atoms with Crippen LogP contribution in [0.1, 0.15) is 31.5 Å². The molecule has 13 aromatic rings. The first-order valence-electron chi connectivity index (χ1n) is 31.1. The highest BCUT2D eigenvalue weighted by atomic mass is 32.1. The molecular weight excluding hydrogens is 781 g/mol. The average Bonchev–Trinajstić information content (AvgIpc) is 1.04. The van der Waals surface area contributed by atoms with Gasteiger partial charge in [0.15, 0.2) is 0 Å². The summed E-state index contributed by atoms with van der Waals surface area (Å²) in [4.78, 5) is 8.79. The van der Waals surface area contributed by atoms with Gasteiger partial charge in [-0.25, -0.2) is 4.98 Å². The number of benzene rings is 10. The van der Waals surface area contributed by atoms with E-state index in [2.05, 4.69) is 4.98 Å². The van der Waals surface area contributed by atoms with Gasteiger partial charge >= 0.3 is 0 Å². The molecule has 2 nitrogen and oxygen atoms in total. The van der Waals surface area contributed by atoms with E-state index in [9.17, 15) is 17.8 Å². The third-order valence-electron chi connectivity index (χ3n) is 11.2. The van der Waals surface area contributed by atoms with Gasteiger partial charge in [-0.1, -0.05) is 194 Å². The van der Waals surface area contributed by atoms with E-state index in [1.807, 2.05) is 36.4 Å². The van der Waals surface area contributed by atoms with E-state index in [-0.39, 0.29) is 21.9 Å². The third-order valence-corrected chi connectivity index (χ3v) is 12.4. The van der Waals surface area contributed by atoms with E-state index >= 15 is 0 Å². The highest BCUT2D eigenvalue weighted by molar-refractivity contribution is 7.20. The van der Waals surface area contributed by atoms with Crippen molar-refractivity contribution in [1.29, 1.82) is 0 Å². The number of hydrogen-bond acceptors (Lipinski definition) is 3. The molecule has 292 valence electrons. The number of fused-ring (bicyclic) bond motifs is 4. The van der Waals surface area contributed by atoms with Gasteiger partial charge < -0.3 is 0 Å². The van der Waals surface area contributed by atoms with Gasteiger partial charge in [-0.2, -0.15) is 0 Å². The van der Waals surface area contributed by atoms with Gasteiger partial charge in [-0.3, -0.25) is 4.98 Å². The van der Waals surface area contributed by atoms with Crippen molar-refractivity contribution in [2.75, 3.05) is 0 Å². The maximum atomic E-state index is 10.3. The minimum Gasteiger partial charge on any atom is -0.254 e. The van der Waals surface area contributed by atoms with Crippen molar-refractivity contribution >= 4 is 76.2 Å². The number of nitrogens with zero attached hydrogens (tertiary/aromatic N) is 2. The Morgan fingerprint density at radius 3 is 1.76 bits per heavy atom. The van der Waals surface area contributed by atoms with Crippen LogP contribution in [0, 0.1) is 0 Å². The Balaban J connectivity index is 1.22. The second kappa shape index (κ2) is 14.3. The molecule has 0 aliphatic rings. The van der Waals surface area contributed by atoms with Gasteiger partial charge in [0.2, 0.25) is 0 Å². The van der Waals surface area contributed by atoms with Crippen LogP contribution in [0.25, 0.3) is 130 Å². The summed E-state index contributed by atoms with van der Waals surface area (Å²) < 4.78 is 214. The van der Waals surface area contributed by atoms with Gasteiger partial charge in [0.05, 0.1) is 48.3 Å². The van der Waals surface area contributed by atoms with Gasteiger partial charge in [0.1, 0.15) is 0 Å². The molecule has 3 heterocycles. The second-order valence-corrected chi connectivity index (χ2v) is 15.6. The maximum Gasteiger partial charge on any atom is 0.0972 e. The van der Waals surface area contributed by atoms with E-state index in [4.69, 9.17) is 18.7 Å². The predicted octanol–water partition coefficient (Wildman–Crippen LogP) is 16.9. The molecule has 0 amide bonds. The molecular formula is C60H36N2S. The van der Waals surface area contributed by atoms with Crippen LogP contribution in [-0.2, 0) is 0 Å². The molecule has 3 aromatic heterocycles. The van der Waals surface area contributed by atoms with Gasteiger partial charge in [-0.05, 0) is 89.1 Å². The van der Waals surface area contributed by atoms with E-state index in [0.29, 0.717) is 44.4 Å². The summed E-state index contributed by atoms with van der Waals surface area (Å²) in [6.07, 6.45) is 1.67. The molecule has 63 heavy (non-hydrogen) atoms. The zero-order chi connectivity index (χ0) is 61.4. The van der Waals surface area contributed by atoms with Crippen molar-refractivity contribution in [3.63, 3.8) is 0 Å². The highest BCUT2D eigenvalue weighted by Crippen LogP contribution is 2.54. The topological polar surface area (TPSA) is 25.8 Å². The normalized spacial score (nSPS) is 16.9. The largest absolute Gasteiger partial charge is 0.254 e. The van der Waals surface area contributed by atoms with Crippen LogP contribution >= 0.6 is 11.3 Å². The molecule has 3 heteroatoms. The zero-order valence-corrected chi connectivity index (χ0v) is 33.1. The monoisotopic (exact) mass is 839 g/mol. The van der Waals surface area contributed by atoms with Gasteiger partial charge in [0, 0.05) is 49.0 Å². The van der Waals surface area contributed by atoms with E-state index in [1.165, 1.54) is 0 Å². The first-order chi connectivity index (χ1) is 40.8. The van der Waals surface area contributed by atoms with Crippen molar-refractivity contribution in [1.82, 2.24) is 9.97 Å². The third kappa shape index (κ3) is 5.71. The van der Waals surface area contributed by atoms with Crippen LogP contribution in [0.2, 0.25) is 0 Å². The molecule has 10 aromatic carbocycles. The fourth-order valence-electron chi connectivity index (χ4n) is 8.45. The fraction of sp³-hybridized carbons (Fsp3) is 0. The van der Waals surface area contributed by atoms with Crippen LogP contribution in [0.3, 0.4) is 0 Å². The summed E-state index contributed by atoms with van der Waals surface area (Å²) in [5.41, 5.74) is -1.27. The van der Waals surface area contributed by atoms with Crippen molar-refractivity contribution in [2.24, 2.45) is 0 Å². The van der Waals surface area contributed by atoms with Crippen molar-refractivity contribution in [3.05, 3.63) is 218 Å². The van der Waals surface area contributed by atoms with Crippen molar-refractivity contribution in [3.8, 4) is 65.5 Å². The first kappa shape index (κ1) is 19.8. The van der Waals surface area contributed by atoms with Crippen LogP contribution in [0.4, 0.5) is 0 Å². The molecule has 13 rings (SSSR count). The van der Waals surface area contributed by atoms with Crippen molar-refractivity contribution < 1.29 is 31.5 Å². The molecule has 0 bridgehead atoms. The Hall–Kier alpha value is -7.98. The van der Waals surface area contributed by atoms with Crippen LogP contribution < -0.4 is 0 Å². The van der Waals surface area contributed by atoms with E-state index in [1.54, 1.807) is 42.6 Å². The SMILES string of the molecule is [2H]c1c([2H])c([2H])c(-c2c(-c3c([2H])c([2H])c([2H])c(-c4ccc(-c5ccc6ccc7cccnc7c6n5)c5ccccc45)c3[2H])sc(-c3c([2H])c([2H])c4c([2H])c([2H])c5c([2H])c([2H])c([2H])c6c([2H])c([2H])c3c4c56)c2-c2c([2H])c([2H])c([2H])c([2H])c2[2H])c([2H])c1[2H]. The molecule has 0 saturated carbocycles. The summed E-state index contributed by atoms with van der Waals surface area (Å²) in [7, 11) is 0. The summed E-state index contributed by atoms with van der Waals surface area (Å²) in [6.45, 7) is 0. The number of hydrogen-bond donors (Lipinski definition) is 0.